The van der Waals surface area contributed by atoms with Gasteiger partial charge in [0.2, 0.25) is 0 Å². The molecule has 1 aromatic carbocycles. The van der Waals surface area contributed by atoms with Crippen LogP contribution in [0.1, 0.15) is 19.3 Å². The summed E-state index contributed by atoms with van der Waals surface area (Å²) in [5.74, 6) is -0.756. The van der Waals surface area contributed by atoms with E-state index >= 15 is 0 Å². The number of nitrogens with zero attached hydrogens (tertiary/aromatic N) is 1. The average molecular weight is 337 g/mol. The topological polar surface area (TPSA) is 49.4 Å². The van der Waals surface area contributed by atoms with Crippen molar-refractivity contribution >= 4 is 26.0 Å². The van der Waals surface area contributed by atoms with Gasteiger partial charge in [0.25, 0.3) is 10.0 Å². The zero-order valence-corrected chi connectivity index (χ0v) is 12.1. The van der Waals surface area contributed by atoms with Crippen LogP contribution in [-0.2, 0) is 10.0 Å². The molecular formula is C11H14BrFN2O2S. The van der Waals surface area contributed by atoms with Gasteiger partial charge in [-0.15, -0.1) is 4.83 Å². The highest BCUT2D eigenvalue weighted by Crippen LogP contribution is 2.20. The van der Waals surface area contributed by atoms with Crippen molar-refractivity contribution in [3.05, 3.63) is 28.5 Å². The van der Waals surface area contributed by atoms with Crippen molar-refractivity contribution in [1.29, 1.82) is 0 Å². The van der Waals surface area contributed by atoms with Gasteiger partial charge >= 0.3 is 0 Å². The summed E-state index contributed by atoms with van der Waals surface area (Å²) in [6.07, 6.45) is 3.00. The molecule has 0 aromatic heterocycles. The van der Waals surface area contributed by atoms with Crippen LogP contribution in [0.5, 0.6) is 0 Å². The number of piperidine rings is 1. The normalized spacial score (nSPS) is 17.9. The smallest absolute Gasteiger partial charge is 0.230 e. The number of rotatable bonds is 3. The van der Waals surface area contributed by atoms with Crippen LogP contribution in [0.25, 0.3) is 0 Å². The predicted molar refractivity (Wildman–Crippen MR) is 69.8 cm³/mol. The summed E-state index contributed by atoms with van der Waals surface area (Å²) in [5, 5.41) is 1.63. The van der Waals surface area contributed by atoms with Gasteiger partial charge in [-0.3, -0.25) is 0 Å². The molecule has 0 atom stereocenters. The quantitative estimate of drug-likeness (QED) is 0.921. The maximum absolute atomic E-state index is 13.6. The predicted octanol–water partition coefficient (Wildman–Crippen LogP) is 2.27. The lowest BCUT2D eigenvalue weighted by molar-refractivity contribution is 0.199. The Bertz CT molecular complexity index is 530. The molecule has 0 spiro atoms. The van der Waals surface area contributed by atoms with E-state index in [1.54, 1.807) is 5.01 Å². The van der Waals surface area contributed by atoms with Gasteiger partial charge in [-0.1, -0.05) is 22.4 Å². The minimum absolute atomic E-state index is 0.323. The Kier molecular flexibility index (Phi) is 4.37. The van der Waals surface area contributed by atoms with E-state index in [2.05, 4.69) is 20.8 Å². The van der Waals surface area contributed by atoms with Crippen molar-refractivity contribution in [2.75, 3.05) is 13.1 Å². The van der Waals surface area contributed by atoms with Crippen molar-refractivity contribution in [2.45, 2.75) is 24.2 Å². The van der Waals surface area contributed by atoms with Crippen LogP contribution in [0.2, 0.25) is 0 Å². The second-order valence-electron chi connectivity index (χ2n) is 4.22. The Hall–Kier alpha value is -0.500. The molecule has 1 heterocycles. The van der Waals surface area contributed by atoms with E-state index in [4.69, 9.17) is 0 Å². The molecule has 1 N–H and O–H groups in total. The standard InChI is InChI=1S/C11H14BrFN2O2S/c12-9-4-5-11(10(13)8-9)18(16,17)14-15-6-2-1-3-7-15/h4-5,8,14H,1-3,6-7H2. The molecular weight excluding hydrogens is 323 g/mol. The van der Waals surface area contributed by atoms with E-state index in [1.807, 2.05) is 0 Å². The number of benzene rings is 1. The number of hydrazine groups is 1. The highest BCUT2D eigenvalue weighted by atomic mass is 79.9. The third kappa shape index (κ3) is 3.28. The monoisotopic (exact) mass is 336 g/mol. The summed E-state index contributed by atoms with van der Waals surface area (Å²) in [4.78, 5) is 2.10. The fraction of sp³-hybridized carbons (Fsp3) is 0.455. The van der Waals surface area contributed by atoms with Crippen molar-refractivity contribution < 1.29 is 12.8 Å². The third-order valence-corrected chi connectivity index (χ3v) is 4.69. The van der Waals surface area contributed by atoms with E-state index in [0.29, 0.717) is 17.6 Å². The van der Waals surface area contributed by atoms with E-state index < -0.39 is 15.8 Å². The van der Waals surface area contributed by atoms with Crippen molar-refractivity contribution in [2.24, 2.45) is 0 Å². The molecule has 4 nitrogen and oxygen atoms in total. The molecule has 1 fully saturated rings. The zero-order chi connectivity index (χ0) is 13.2. The number of nitrogens with one attached hydrogen (secondary N) is 1. The first-order valence-corrected chi connectivity index (χ1v) is 7.99. The molecule has 0 radical (unpaired) electrons. The Morgan fingerprint density at radius 2 is 1.89 bits per heavy atom. The van der Waals surface area contributed by atoms with Gasteiger partial charge in [0.15, 0.2) is 0 Å². The first-order valence-electron chi connectivity index (χ1n) is 5.71. The van der Waals surface area contributed by atoms with E-state index in [0.717, 1.165) is 25.3 Å². The summed E-state index contributed by atoms with van der Waals surface area (Å²) < 4.78 is 38.2. The van der Waals surface area contributed by atoms with Crippen LogP contribution in [-0.4, -0.2) is 26.5 Å². The van der Waals surface area contributed by atoms with Crippen LogP contribution >= 0.6 is 15.9 Å². The minimum atomic E-state index is -3.83. The molecule has 100 valence electrons. The summed E-state index contributed by atoms with van der Waals surface area (Å²) in [7, 11) is -3.83. The van der Waals surface area contributed by atoms with Crippen molar-refractivity contribution in [3.63, 3.8) is 0 Å². The number of sulfonamides is 1. The Balaban J connectivity index is 2.19. The average Bonchev–Trinajstić information content (AvgIpc) is 2.29. The summed E-state index contributed by atoms with van der Waals surface area (Å²) in [5.41, 5.74) is 0. The number of halogens is 2. The molecule has 1 aliphatic heterocycles. The number of hydrogen-bond donors (Lipinski definition) is 1. The van der Waals surface area contributed by atoms with Crippen molar-refractivity contribution in [1.82, 2.24) is 9.84 Å². The molecule has 0 aliphatic carbocycles. The lowest BCUT2D eigenvalue weighted by Crippen LogP contribution is -2.45. The fourth-order valence-electron chi connectivity index (χ4n) is 1.90. The molecule has 0 saturated carbocycles. The third-order valence-electron chi connectivity index (χ3n) is 2.79. The van der Waals surface area contributed by atoms with Crippen LogP contribution in [0.4, 0.5) is 4.39 Å². The Labute approximate surface area is 114 Å². The van der Waals surface area contributed by atoms with E-state index in [1.165, 1.54) is 12.1 Å². The summed E-state index contributed by atoms with van der Waals surface area (Å²) in [6, 6.07) is 3.91. The van der Waals surface area contributed by atoms with Gasteiger partial charge < -0.3 is 0 Å². The largest absolute Gasteiger partial charge is 0.256 e. The SMILES string of the molecule is O=S(=O)(NN1CCCCC1)c1ccc(Br)cc1F. The van der Waals surface area contributed by atoms with Crippen LogP contribution in [0.3, 0.4) is 0 Å². The summed E-state index contributed by atoms with van der Waals surface area (Å²) in [6.45, 7) is 1.33. The highest BCUT2D eigenvalue weighted by Gasteiger charge is 2.23. The Morgan fingerprint density at radius 3 is 2.50 bits per heavy atom. The first-order chi connectivity index (χ1) is 8.49. The van der Waals surface area contributed by atoms with Crippen molar-refractivity contribution in [3.8, 4) is 0 Å². The molecule has 1 aromatic rings. The highest BCUT2D eigenvalue weighted by molar-refractivity contribution is 9.10. The van der Waals surface area contributed by atoms with Crippen LogP contribution in [0.15, 0.2) is 27.6 Å². The van der Waals surface area contributed by atoms with Crippen LogP contribution in [0, 0.1) is 5.82 Å². The molecule has 2 rings (SSSR count). The van der Waals surface area contributed by atoms with Gasteiger partial charge in [0.1, 0.15) is 10.7 Å². The van der Waals surface area contributed by atoms with E-state index in [9.17, 15) is 12.8 Å². The van der Waals surface area contributed by atoms with E-state index in [-0.39, 0.29) is 4.90 Å². The molecule has 1 aliphatic rings. The van der Waals surface area contributed by atoms with Crippen LogP contribution < -0.4 is 4.83 Å². The minimum Gasteiger partial charge on any atom is -0.230 e. The van der Waals surface area contributed by atoms with Gasteiger partial charge in [-0.2, -0.15) is 0 Å². The summed E-state index contributed by atoms with van der Waals surface area (Å²) >= 11 is 3.10. The zero-order valence-electron chi connectivity index (χ0n) is 9.70. The van der Waals surface area contributed by atoms with Gasteiger partial charge in [0, 0.05) is 17.6 Å². The maximum Gasteiger partial charge on any atom is 0.256 e. The van der Waals surface area contributed by atoms with Gasteiger partial charge in [-0.25, -0.2) is 17.8 Å². The van der Waals surface area contributed by atoms with Gasteiger partial charge in [0.05, 0.1) is 0 Å². The second kappa shape index (κ2) is 5.64. The molecule has 7 heteroatoms. The number of hydrogen-bond acceptors (Lipinski definition) is 3. The second-order valence-corrected chi connectivity index (χ2v) is 6.76. The lowest BCUT2D eigenvalue weighted by atomic mass is 10.2. The maximum atomic E-state index is 13.6. The Morgan fingerprint density at radius 1 is 1.22 bits per heavy atom. The lowest BCUT2D eigenvalue weighted by Gasteiger charge is -2.26. The molecule has 0 unspecified atom stereocenters. The van der Waals surface area contributed by atoms with Gasteiger partial charge in [-0.05, 0) is 31.0 Å². The molecule has 0 amide bonds. The molecule has 1 saturated heterocycles. The molecule has 18 heavy (non-hydrogen) atoms. The fourth-order valence-corrected chi connectivity index (χ4v) is 3.41. The molecule has 0 bridgehead atoms. The first kappa shape index (κ1) is 13.9.